The zero-order valence-electron chi connectivity index (χ0n) is 12.9. The molecule has 0 spiro atoms. The van der Waals surface area contributed by atoms with Crippen LogP contribution in [0.25, 0.3) is 0 Å². The normalized spacial score (nSPS) is 16.5. The Morgan fingerprint density at radius 1 is 1.33 bits per heavy atom. The number of ether oxygens (including phenoxy) is 2. The fraction of sp³-hybridized carbons (Fsp3) is 0.286. The number of anilines is 1. The Labute approximate surface area is 149 Å². The van der Waals surface area contributed by atoms with Gasteiger partial charge < -0.3 is 25.2 Å². The maximum Gasteiger partial charge on any atom is 0.413 e. The summed E-state index contributed by atoms with van der Waals surface area (Å²) in [6.07, 6.45) is -1.84. The van der Waals surface area contributed by atoms with Gasteiger partial charge in [0.05, 0.1) is 12.8 Å². The number of amides is 1. The summed E-state index contributed by atoms with van der Waals surface area (Å²) in [4.78, 5) is 15.8. The van der Waals surface area contributed by atoms with Crippen molar-refractivity contribution >= 4 is 52.0 Å². The second-order valence-corrected chi connectivity index (χ2v) is 5.48. The lowest BCUT2D eigenvalue weighted by molar-refractivity contribution is -0.0834. The van der Waals surface area contributed by atoms with Crippen molar-refractivity contribution < 1.29 is 19.4 Å². The molecular weight excluding hydrogens is 352 g/mol. The molecule has 8 nitrogen and oxygen atoms in total. The Morgan fingerprint density at radius 2 is 2.04 bits per heavy atom. The van der Waals surface area contributed by atoms with Crippen LogP contribution in [0.3, 0.4) is 0 Å². The highest BCUT2D eigenvalue weighted by Gasteiger charge is 2.35. The van der Waals surface area contributed by atoms with Gasteiger partial charge in [0.15, 0.2) is 5.11 Å². The molecule has 10 heteroatoms. The Kier molecular flexibility index (Phi) is 6.15. The van der Waals surface area contributed by atoms with E-state index in [0.717, 1.165) is 11.3 Å². The smallest absolute Gasteiger partial charge is 0.413 e. The minimum Gasteiger partial charge on any atom is -0.453 e. The van der Waals surface area contributed by atoms with E-state index in [2.05, 4.69) is 30.4 Å². The summed E-state index contributed by atoms with van der Waals surface area (Å²) in [5.74, 6) is 0. The average molecular weight is 368 g/mol. The fourth-order valence-electron chi connectivity index (χ4n) is 1.87. The topological polar surface area (TPSA) is 104 Å². The number of carbonyl (C=O) groups excluding carboxylic acids is 1. The molecule has 0 bridgehead atoms. The van der Waals surface area contributed by atoms with Crippen molar-refractivity contribution in [2.24, 2.45) is 4.99 Å². The number of benzene rings is 1. The number of hydrogen-bond acceptors (Lipinski definition) is 7. The number of aliphatic hydroxyl groups excluding tert-OH is 1. The third-order valence-corrected chi connectivity index (χ3v) is 3.59. The largest absolute Gasteiger partial charge is 0.453 e. The molecule has 2 rings (SSSR count). The molecule has 4 N–H and O–H groups in total. The van der Waals surface area contributed by atoms with Crippen molar-refractivity contribution in [2.45, 2.75) is 12.5 Å². The maximum atomic E-state index is 11.2. The molecule has 0 aliphatic carbocycles. The Balaban J connectivity index is 2.03. The summed E-state index contributed by atoms with van der Waals surface area (Å²) in [7, 11) is 2.60. The van der Waals surface area contributed by atoms with E-state index in [1.54, 1.807) is 6.07 Å². The number of nitrogens with one attached hydrogen (secondary N) is 3. The number of methoxy groups -OCH3 is 2. The highest BCUT2D eigenvalue weighted by atomic mass is 32.1. The molecule has 1 aliphatic rings. The number of carbonyl (C=O) groups is 1. The second kappa shape index (κ2) is 8.11. The van der Waals surface area contributed by atoms with Crippen LogP contribution < -0.4 is 16.0 Å². The SMILES string of the molecule is COC(=O)NC(=S)Nc1ccccc1C1=NC1C(=S)NC(O)OC. The van der Waals surface area contributed by atoms with Crippen LogP contribution in [0, 0.1) is 0 Å². The molecule has 1 heterocycles. The minimum absolute atomic E-state index is 0.0996. The van der Waals surface area contributed by atoms with E-state index in [1.165, 1.54) is 14.2 Å². The second-order valence-electron chi connectivity index (χ2n) is 4.63. The van der Waals surface area contributed by atoms with Gasteiger partial charge in [-0.3, -0.25) is 10.3 Å². The van der Waals surface area contributed by atoms with Gasteiger partial charge in [-0.1, -0.05) is 30.4 Å². The molecule has 0 radical (unpaired) electrons. The molecule has 2 unspecified atom stereocenters. The first kappa shape index (κ1) is 18.2. The first-order chi connectivity index (χ1) is 11.5. The van der Waals surface area contributed by atoms with Gasteiger partial charge in [-0.25, -0.2) is 4.79 Å². The molecule has 0 saturated carbocycles. The highest BCUT2D eigenvalue weighted by Crippen LogP contribution is 2.27. The monoisotopic (exact) mass is 368 g/mol. The van der Waals surface area contributed by atoms with Gasteiger partial charge in [0, 0.05) is 18.4 Å². The lowest BCUT2D eigenvalue weighted by Crippen LogP contribution is -2.38. The van der Waals surface area contributed by atoms with E-state index in [0.29, 0.717) is 10.7 Å². The maximum absolute atomic E-state index is 11.2. The fourth-order valence-corrected chi connectivity index (χ4v) is 2.33. The van der Waals surface area contributed by atoms with Crippen LogP contribution in [-0.4, -0.2) is 53.7 Å². The Morgan fingerprint density at radius 3 is 2.71 bits per heavy atom. The zero-order valence-corrected chi connectivity index (χ0v) is 14.5. The van der Waals surface area contributed by atoms with E-state index in [9.17, 15) is 9.90 Å². The van der Waals surface area contributed by atoms with E-state index >= 15 is 0 Å². The van der Waals surface area contributed by atoms with Crippen molar-refractivity contribution in [3.05, 3.63) is 29.8 Å². The first-order valence-corrected chi connectivity index (χ1v) is 7.62. The van der Waals surface area contributed by atoms with Crippen molar-refractivity contribution in [3.63, 3.8) is 0 Å². The third kappa shape index (κ3) is 4.68. The molecule has 0 fully saturated rings. The standard InChI is InChI=1S/C14H16N4O4S2/c1-21-13(19)17-11(23)10-9(16-10)7-5-3-4-6-8(7)15-12(24)18-14(20)22-2/h3-6,10,13,19H,1-2H3,(H,17,23)(H2,15,18,20,24). The van der Waals surface area contributed by atoms with Gasteiger partial charge in [-0.15, -0.1) is 0 Å². The van der Waals surface area contributed by atoms with Gasteiger partial charge in [0.2, 0.25) is 6.41 Å². The highest BCUT2D eigenvalue weighted by molar-refractivity contribution is 7.80. The predicted molar refractivity (Wildman–Crippen MR) is 97.3 cm³/mol. The number of aliphatic imine (C=N–C) groups is 1. The molecule has 1 amide bonds. The van der Waals surface area contributed by atoms with Crippen LogP contribution in [0.5, 0.6) is 0 Å². The van der Waals surface area contributed by atoms with Gasteiger partial charge in [0.1, 0.15) is 11.0 Å². The van der Waals surface area contributed by atoms with Crippen molar-refractivity contribution in [2.75, 3.05) is 19.5 Å². The first-order valence-electron chi connectivity index (χ1n) is 6.80. The summed E-state index contributed by atoms with van der Waals surface area (Å²) >= 11 is 10.2. The van der Waals surface area contributed by atoms with Crippen LogP contribution in [0.15, 0.2) is 29.3 Å². The van der Waals surface area contributed by atoms with Crippen molar-refractivity contribution in [1.82, 2.24) is 10.6 Å². The number of thiocarbonyl (C=S) groups is 2. The van der Waals surface area contributed by atoms with Crippen LogP contribution in [-0.2, 0) is 9.47 Å². The molecule has 24 heavy (non-hydrogen) atoms. The molecular formula is C14H16N4O4S2. The van der Waals surface area contributed by atoms with Crippen LogP contribution in [0.1, 0.15) is 5.56 Å². The average Bonchev–Trinajstić information content (AvgIpc) is 3.35. The number of para-hydroxylation sites is 1. The number of alkyl carbamates (subject to hydrolysis) is 1. The van der Waals surface area contributed by atoms with Crippen molar-refractivity contribution in [3.8, 4) is 0 Å². The van der Waals surface area contributed by atoms with E-state index in [1.807, 2.05) is 18.2 Å². The lowest BCUT2D eigenvalue weighted by Gasteiger charge is -2.13. The van der Waals surface area contributed by atoms with E-state index in [4.69, 9.17) is 24.4 Å². The number of rotatable bonds is 5. The van der Waals surface area contributed by atoms with Gasteiger partial charge in [-0.05, 0) is 18.3 Å². The summed E-state index contributed by atoms with van der Waals surface area (Å²) in [6.45, 7) is 0. The molecule has 2 atom stereocenters. The van der Waals surface area contributed by atoms with Crippen LogP contribution >= 0.6 is 24.4 Å². The predicted octanol–water partition coefficient (Wildman–Crippen LogP) is 0.750. The van der Waals surface area contributed by atoms with E-state index < -0.39 is 12.5 Å². The summed E-state index contributed by atoms with van der Waals surface area (Å²) in [6, 6.07) is 6.96. The summed E-state index contributed by atoms with van der Waals surface area (Å²) < 4.78 is 9.17. The third-order valence-electron chi connectivity index (χ3n) is 3.05. The number of nitrogens with zero attached hydrogens (tertiary/aromatic N) is 1. The summed E-state index contributed by atoms with van der Waals surface area (Å²) in [5, 5.41) is 17.4. The molecule has 0 aromatic heterocycles. The van der Waals surface area contributed by atoms with Gasteiger partial charge in [-0.2, -0.15) is 0 Å². The quantitative estimate of drug-likeness (QED) is 0.446. The Bertz CT molecular complexity index is 695. The minimum atomic E-state index is -1.18. The van der Waals surface area contributed by atoms with Crippen LogP contribution in [0.4, 0.5) is 10.5 Å². The van der Waals surface area contributed by atoms with Gasteiger partial charge >= 0.3 is 6.09 Å². The number of aliphatic hydroxyl groups is 1. The molecule has 0 saturated heterocycles. The van der Waals surface area contributed by atoms with Crippen LogP contribution in [0.2, 0.25) is 0 Å². The lowest BCUT2D eigenvalue weighted by atomic mass is 10.1. The van der Waals surface area contributed by atoms with E-state index in [-0.39, 0.29) is 11.2 Å². The zero-order chi connectivity index (χ0) is 17.7. The molecule has 1 aromatic carbocycles. The molecule has 1 aliphatic heterocycles. The van der Waals surface area contributed by atoms with Crippen molar-refractivity contribution in [1.29, 1.82) is 0 Å². The molecule has 1 aromatic rings. The Hall–Kier alpha value is -2.14. The molecule has 128 valence electrons. The van der Waals surface area contributed by atoms with Gasteiger partial charge in [0.25, 0.3) is 0 Å². The summed E-state index contributed by atoms with van der Waals surface area (Å²) in [5.41, 5.74) is 2.18. The number of hydrogen-bond donors (Lipinski definition) is 4.